The Morgan fingerprint density at radius 2 is 1.73 bits per heavy atom. The van der Waals surface area contributed by atoms with Gasteiger partial charge in [0.1, 0.15) is 5.76 Å². The van der Waals surface area contributed by atoms with Gasteiger partial charge in [0.15, 0.2) is 5.78 Å². The zero-order chi connectivity index (χ0) is 20.9. The molecule has 3 heteroatoms. The Balaban J connectivity index is 1.70. The van der Waals surface area contributed by atoms with Crippen LogP contribution in [0.25, 0.3) is 10.8 Å². The van der Waals surface area contributed by atoms with Crippen molar-refractivity contribution >= 4 is 22.3 Å². The molecule has 0 aromatic heterocycles. The first-order valence-corrected chi connectivity index (χ1v) is 10.3. The quantitative estimate of drug-likeness (QED) is 0.329. The molecule has 30 heavy (non-hydrogen) atoms. The Labute approximate surface area is 177 Å². The van der Waals surface area contributed by atoms with Crippen LogP contribution in [-0.4, -0.2) is 23.1 Å². The third-order valence-corrected chi connectivity index (χ3v) is 5.65. The van der Waals surface area contributed by atoms with E-state index in [1.807, 2.05) is 60.7 Å². The third-order valence-electron chi connectivity index (χ3n) is 5.65. The van der Waals surface area contributed by atoms with Crippen LogP contribution in [0.3, 0.4) is 0 Å². The molecule has 1 N–H and O–H groups in total. The van der Waals surface area contributed by atoms with Crippen LogP contribution in [0.15, 0.2) is 102 Å². The Morgan fingerprint density at radius 3 is 2.53 bits per heavy atom. The lowest BCUT2D eigenvalue weighted by Crippen LogP contribution is -2.27. The van der Waals surface area contributed by atoms with Crippen LogP contribution >= 0.6 is 0 Å². The number of benzene rings is 3. The first kappa shape index (κ1) is 19.8. The van der Waals surface area contributed by atoms with Crippen molar-refractivity contribution in [3.8, 4) is 0 Å². The Bertz CT molecular complexity index is 1140. The lowest BCUT2D eigenvalue weighted by Gasteiger charge is -2.26. The average Bonchev–Trinajstić information content (AvgIpc) is 2.78. The van der Waals surface area contributed by atoms with Gasteiger partial charge in [-0.1, -0.05) is 78.9 Å². The summed E-state index contributed by atoms with van der Waals surface area (Å²) in [6.07, 6.45) is 3.04. The summed E-state index contributed by atoms with van der Waals surface area (Å²) in [6, 6.07) is 24.2. The molecule has 0 bridgehead atoms. The smallest absolute Gasteiger partial charge is 0.168 e. The second kappa shape index (κ2) is 8.91. The predicted molar refractivity (Wildman–Crippen MR) is 123 cm³/mol. The van der Waals surface area contributed by atoms with Gasteiger partial charge in [-0.15, -0.1) is 6.58 Å². The fourth-order valence-corrected chi connectivity index (χ4v) is 4.22. The van der Waals surface area contributed by atoms with Gasteiger partial charge in [-0.2, -0.15) is 0 Å². The highest BCUT2D eigenvalue weighted by molar-refractivity contribution is 6.24. The zero-order valence-electron chi connectivity index (χ0n) is 16.9. The molecule has 0 saturated heterocycles. The van der Waals surface area contributed by atoms with E-state index in [0.717, 1.165) is 21.9 Å². The number of aliphatic imine (C=N–C) groups is 1. The van der Waals surface area contributed by atoms with Gasteiger partial charge < -0.3 is 5.11 Å². The number of aliphatic hydroxyl groups excluding tert-OH is 1. The summed E-state index contributed by atoms with van der Waals surface area (Å²) in [5, 5.41) is 13.2. The second-order valence-corrected chi connectivity index (χ2v) is 7.65. The van der Waals surface area contributed by atoms with Crippen molar-refractivity contribution in [2.45, 2.75) is 25.2 Å². The van der Waals surface area contributed by atoms with E-state index < -0.39 is 0 Å². The van der Waals surface area contributed by atoms with Gasteiger partial charge in [-0.25, -0.2) is 0 Å². The molecule has 3 nitrogen and oxygen atoms in total. The minimum atomic E-state index is -0.0457. The zero-order valence-corrected chi connectivity index (χ0v) is 16.9. The summed E-state index contributed by atoms with van der Waals surface area (Å²) in [4.78, 5) is 17.7. The van der Waals surface area contributed by atoms with Gasteiger partial charge in [-0.05, 0) is 34.2 Å². The van der Waals surface area contributed by atoms with Gasteiger partial charge in [0.25, 0.3) is 0 Å². The molecule has 150 valence electrons. The molecule has 1 unspecified atom stereocenters. The Morgan fingerprint density at radius 1 is 1.00 bits per heavy atom. The number of aliphatic hydroxyl groups is 1. The first-order chi connectivity index (χ1) is 14.7. The van der Waals surface area contributed by atoms with Crippen LogP contribution in [0.4, 0.5) is 0 Å². The fourth-order valence-electron chi connectivity index (χ4n) is 4.22. The van der Waals surface area contributed by atoms with Gasteiger partial charge in [0.2, 0.25) is 0 Å². The molecule has 1 atom stereocenters. The number of fused-ring (bicyclic) bond motifs is 1. The highest BCUT2D eigenvalue weighted by Gasteiger charge is 2.32. The van der Waals surface area contributed by atoms with Crippen molar-refractivity contribution in [1.29, 1.82) is 0 Å². The van der Waals surface area contributed by atoms with Crippen molar-refractivity contribution in [1.82, 2.24) is 0 Å². The number of ketones is 1. The first-order valence-electron chi connectivity index (χ1n) is 10.3. The number of hydrogen-bond donors (Lipinski definition) is 1. The topological polar surface area (TPSA) is 49.7 Å². The van der Waals surface area contributed by atoms with E-state index in [2.05, 4.69) is 23.7 Å². The normalized spacial score (nSPS) is 19.8. The molecule has 0 amide bonds. The lowest BCUT2D eigenvalue weighted by molar-refractivity contribution is -0.115. The number of hydrogen-bond acceptors (Lipinski definition) is 3. The van der Waals surface area contributed by atoms with Crippen LogP contribution in [0.2, 0.25) is 0 Å². The van der Waals surface area contributed by atoms with Crippen LogP contribution in [0, 0.1) is 0 Å². The number of Topliss-reactive ketones (excluding diaryl/α,β-unsaturated/α-hetero) is 1. The second-order valence-electron chi connectivity index (χ2n) is 7.65. The maximum atomic E-state index is 13.1. The SMILES string of the molecule is C=CCN=C1CC(c2ccccc2)CC(=O)/C1=C(\O)Cc1cccc2ccccc12. The van der Waals surface area contributed by atoms with Gasteiger partial charge >= 0.3 is 0 Å². The van der Waals surface area contributed by atoms with E-state index in [1.54, 1.807) is 6.08 Å². The fraction of sp³-hybridized carbons (Fsp3) is 0.185. The molecular formula is C27H25NO2. The molecule has 0 radical (unpaired) electrons. The summed E-state index contributed by atoms with van der Waals surface area (Å²) in [5.74, 6) is 0.137. The Kier molecular flexibility index (Phi) is 5.89. The molecule has 1 saturated carbocycles. The number of rotatable bonds is 5. The third kappa shape index (κ3) is 4.11. The predicted octanol–water partition coefficient (Wildman–Crippen LogP) is 5.97. The summed E-state index contributed by atoms with van der Waals surface area (Å²) in [6.45, 7) is 4.17. The molecule has 0 heterocycles. The standard InChI is InChI=1S/C27H25NO2/c1-2-15-28-24-16-22(19-9-4-3-5-10-19)18-26(30)27(24)25(29)17-21-13-8-12-20-11-6-7-14-23(20)21/h2-14,22,29H,1,15-18H2/b27-25-,28-24?. The van der Waals surface area contributed by atoms with Crippen molar-refractivity contribution in [2.75, 3.05) is 6.54 Å². The van der Waals surface area contributed by atoms with Crippen LogP contribution in [0.1, 0.15) is 29.9 Å². The minimum Gasteiger partial charge on any atom is -0.511 e. The summed E-state index contributed by atoms with van der Waals surface area (Å²) in [5.41, 5.74) is 3.19. The highest BCUT2D eigenvalue weighted by Crippen LogP contribution is 2.34. The molecule has 1 aliphatic rings. The number of carbonyl (C=O) groups excluding carboxylic acids is 1. The number of carbonyl (C=O) groups is 1. The van der Waals surface area contributed by atoms with E-state index in [-0.39, 0.29) is 17.5 Å². The minimum absolute atomic E-state index is 0.0457. The lowest BCUT2D eigenvalue weighted by atomic mass is 9.78. The van der Waals surface area contributed by atoms with E-state index in [1.165, 1.54) is 0 Å². The van der Waals surface area contributed by atoms with Gasteiger partial charge in [0.05, 0.1) is 12.1 Å². The molecule has 1 fully saturated rings. The largest absolute Gasteiger partial charge is 0.511 e. The van der Waals surface area contributed by atoms with Crippen LogP contribution < -0.4 is 0 Å². The molecule has 3 aromatic carbocycles. The molecule has 3 aromatic rings. The van der Waals surface area contributed by atoms with E-state index in [9.17, 15) is 9.90 Å². The number of allylic oxidation sites excluding steroid dienone is 2. The van der Waals surface area contributed by atoms with Crippen molar-refractivity contribution < 1.29 is 9.90 Å². The van der Waals surface area contributed by atoms with Crippen molar-refractivity contribution in [3.05, 3.63) is 108 Å². The van der Waals surface area contributed by atoms with E-state index in [4.69, 9.17) is 0 Å². The maximum Gasteiger partial charge on any atom is 0.168 e. The molecule has 0 spiro atoms. The monoisotopic (exact) mass is 395 g/mol. The highest BCUT2D eigenvalue weighted by atomic mass is 16.3. The van der Waals surface area contributed by atoms with Crippen molar-refractivity contribution in [2.24, 2.45) is 4.99 Å². The summed E-state index contributed by atoms with van der Waals surface area (Å²) in [7, 11) is 0. The molecule has 1 aliphatic carbocycles. The van der Waals surface area contributed by atoms with E-state index in [0.29, 0.717) is 37.1 Å². The van der Waals surface area contributed by atoms with Crippen molar-refractivity contribution in [3.63, 3.8) is 0 Å². The average molecular weight is 396 g/mol. The van der Waals surface area contributed by atoms with Crippen LogP contribution in [0.5, 0.6) is 0 Å². The van der Waals surface area contributed by atoms with Gasteiger partial charge in [0, 0.05) is 18.6 Å². The van der Waals surface area contributed by atoms with Crippen LogP contribution in [-0.2, 0) is 11.2 Å². The maximum absolute atomic E-state index is 13.1. The summed E-state index contributed by atoms with van der Waals surface area (Å²) < 4.78 is 0. The summed E-state index contributed by atoms with van der Waals surface area (Å²) >= 11 is 0. The van der Waals surface area contributed by atoms with E-state index >= 15 is 0 Å². The van der Waals surface area contributed by atoms with Gasteiger partial charge in [-0.3, -0.25) is 9.79 Å². The Hall–Kier alpha value is -3.46. The molecule has 4 rings (SSSR count). The molecular weight excluding hydrogens is 370 g/mol. The number of nitrogens with zero attached hydrogens (tertiary/aromatic N) is 1. The molecule has 0 aliphatic heterocycles.